The van der Waals surface area contributed by atoms with E-state index in [0.717, 1.165) is 24.9 Å². The first-order valence-corrected chi connectivity index (χ1v) is 10.7. The number of hydrogen-bond donors (Lipinski definition) is 0. The summed E-state index contributed by atoms with van der Waals surface area (Å²) in [4.78, 5) is 16.3. The molecule has 1 fully saturated rings. The molecule has 2 aliphatic rings. The van der Waals surface area contributed by atoms with Gasteiger partial charge in [-0.3, -0.25) is 4.79 Å². The summed E-state index contributed by atoms with van der Waals surface area (Å²) in [6.07, 6.45) is 4.29. The summed E-state index contributed by atoms with van der Waals surface area (Å²) in [5.74, 6) is -0.434. The maximum atomic E-state index is 13.2. The third-order valence-electron chi connectivity index (χ3n) is 4.89. The van der Waals surface area contributed by atoms with Crippen molar-refractivity contribution in [2.45, 2.75) is 24.2 Å². The normalized spacial score (nSPS) is 18.6. The monoisotopic (exact) mass is 402 g/mol. The molecule has 1 amide bonds. The average molecular weight is 403 g/mol. The Kier molecular flexibility index (Phi) is 4.70. The third kappa shape index (κ3) is 3.24. The minimum Gasteiger partial charge on any atom is -0.338 e. The lowest BCUT2D eigenvalue weighted by molar-refractivity contribution is -0.127. The molecule has 0 radical (unpaired) electrons. The van der Waals surface area contributed by atoms with Gasteiger partial charge in [0, 0.05) is 30.0 Å². The molecule has 140 valence electrons. The van der Waals surface area contributed by atoms with E-state index < -0.39 is 15.7 Å². The van der Waals surface area contributed by atoms with Gasteiger partial charge in [-0.25, -0.2) is 8.42 Å². The first-order chi connectivity index (χ1) is 13.0. The van der Waals surface area contributed by atoms with Crippen molar-refractivity contribution in [2.75, 3.05) is 18.0 Å². The summed E-state index contributed by atoms with van der Waals surface area (Å²) < 4.78 is 26.4. The summed E-state index contributed by atoms with van der Waals surface area (Å²) in [5.41, 5.74) is 1.21. The van der Waals surface area contributed by atoms with Crippen molar-refractivity contribution in [1.82, 2.24) is 4.90 Å². The van der Waals surface area contributed by atoms with Gasteiger partial charge in [0.05, 0.1) is 10.6 Å². The highest BCUT2D eigenvalue weighted by Crippen LogP contribution is 2.41. The second kappa shape index (κ2) is 7.02. The maximum absolute atomic E-state index is 13.2. The Morgan fingerprint density at radius 2 is 1.67 bits per heavy atom. The molecule has 2 aliphatic heterocycles. The molecule has 5 nitrogen and oxygen atoms in total. The minimum atomic E-state index is -3.92. The predicted molar refractivity (Wildman–Crippen MR) is 106 cm³/mol. The van der Waals surface area contributed by atoms with E-state index in [4.69, 9.17) is 11.6 Å². The average Bonchev–Trinajstić information content (AvgIpc) is 2.69. The molecule has 0 aromatic heterocycles. The largest absolute Gasteiger partial charge is 0.338 e. The van der Waals surface area contributed by atoms with Crippen molar-refractivity contribution >= 4 is 38.7 Å². The predicted octanol–water partition coefficient (Wildman–Crippen LogP) is 4.12. The quantitative estimate of drug-likeness (QED) is 0.758. The van der Waals surface area contributed by atoms with Crippen LogP contribution in [-0.4, -0.2) is 32.3 Å². The van der Waals surface area contributed by atoms with Crippen molar-refractivity contribution in [3.8, 4) is 0 Å². The number of fused-ring (bicyclic) bond motifs is 1. The van der Waals surface area contributed by atoms with Crippen LogP contribution in [0.1, 0.15) is 19.3 Å². The summed E-state index contributed by atoms with van der Waals surface area (Å²) in [6.45, 7) is 1.18. The van der Waals surface area contributed by atoms with E-state index in [1.165, 1.54) is 18.3 Å². The van der Waals surface area contributed by atoms with Crippen molar-refractivity contribution in [3.05, 3.63) is 64.7 Å². The summed E-state index contributed by atoms with van der Waals surface area (Å²) in [6, 6.07) is 14.0. The number of carbonyl (C=O) groups excluding carboxylic acids is 1. The van der Waals surface area contributed by atoms with Gasteiger partial charge in [0.1, 0.15) is 0 Å². The standard InChI is InChI=1S/C20H19ClN2O3S/c21-15-9-10-18-17(13-15)23(16-7-3-1-4-8-16)14-19(27(18,25)26)20(24)22-11-5-2-6-12-22/h1,3-4,7-10,13-14H,2,5-6,11-12H2. The molecule has 0 atom stereocenters. The zero-order valence-electron chi connectivity index (χ0n) is 14.6. The number of para-hydroxylation sites is 1. The van der Waals surface area contributed by atoms with Crippen molar-refractivity contribution < 1.29 is 13.2 Å². The van der Waals surface area contributed by atoms with Crippen LogP contribution in [-0.2, 0) is 14.6 Å². The first kappa shape index (κ1) is 18.1. The Bertz CT molecular complexity index is 1010. The van der Waals surface area contributed by atoms with E-state index in [1.807, 2.05) is 30.3 Å². The van der Waals surface area contributed by atoms with Crippen LogP contribution in [0.15, 0.2) is 64.5 Å². The van der Waals surface area contributed by atoms with Crippen molar-refractivity contribution in [1.29, 1.82) is 0 Å². The number of piperidine rings is 1. The lowest BCUT2D eigenvalue weighted by Gasteiger charge is -2.32. The fourth-order valence-corrected chi connectivity index (χ4v) is 5.19. The Labute approximate surface area is 163 Å². The van der Waals surface area contributed by atoms with E-state index >= 15 is 0 Å². The van der Waals surface area contributed by atoms with Crippen LogP contribution in [0.25, 0.3) is 0 Å². The molecule has 0 bridgehead atoms. The zero-order chi connectivity index (χ0) is 19.0. The molecule has 0 aliphatic carbocycles. The number of likely N-dealkylation sites (tertiary alicyclic amines) is 1. The number of anilines is 2. The van der Waals surface area contributed by atoms with Crippen LogP contribution in [0.2, 0.25) is 5.02 Å². The van der Waals surface area contributed by atoms with Gasteiger partial charge in [0.25, 0.3) is 5.91 Å². The molecule has 2 heterocycles. The van der Waals surface area contributed by atoms with Crippen LogP contribution in [0.3, 0.4) is 0 Å². The molecule has 2 aromatic rings. The first-order valence-electron chi connectivity index (χ1n) is 8.88. The van der Waals surface area contributed by atoms with Gasteiger partial charge in [-0.2, -0.15) is 0 Å². The van der Waals surface area contributed by atoms with Crippen LogP contribution >= 0.6 is 11.6 Å². The van der Waals surface area contributed by atoms with Gasteiger partial charge in [-0.05, 0) is 49.6 Å². The highest BCUT2D eigenvalue weighted by molar-refractivity contribution is 7.96. The number of nitrogens with zero attached hydrogens (tertiary/aromatic N) is 2. The minimum absolute atomic E-state index is 0.0959. The number of carbonyl (C=O) groups is 1. The van der Waals surface area contributed by atoms with E-state index in [9.17, 15) is 13.2 Å². The Balaban J connectivity index is 1.87. The molecule has 7 heteroatoms. The molecule has 27 heavy (non-hydrogen) atoms. The molecule has 2 aromatic carbocycles. The zero-order valence-corrected chi connectivity index (χ0v) is 16.2. The highest BCUT2D eigenvalue weighted by atomic mass is 35.5. The topological polar surface area (TPSA) is 57.7 Å². The van der Waals surface area contributed by atoms with Crippen molar-refractivity contribution in [2.24, 2.45) is 0 Å². The summed E-state index contributed by atoms with van der Waals surface area (Å²) in [7, 11) is -3.92. The lowest BCUT2D eigenvalue weighted by atomic mass is 10.1. The van der Waals surface area contributed by atoms with Gasteiger partial charge >= 0.3 is 0 Å². The number of rotatable bonds is 2. The van der Waals surface area contributed by atoms with Crippen LogP contribution in [0.5, 0.6) is 0 Å². The Morgan fingerprint density at radius 3 is 2.37 bits per heavy atom. The molecule has 1 saturated heterocycles. The molecular weight excluding hydrogens is 384 g/mol. The fourth-order valence-electron chi connectivity index (χ4n) is 3.51. The SMILES string of the molecule is O=C(C1=CN(c2ccccc2)c2cc(Cl)ccc2S1(=O)=O)N1CCCCC1. The molecule has 0 saturated carbocycles. The number of amides is 1. The van der Waals surface area contributed by atoms with Gasteiger partial charge in [0.15, 0.2) is 4.91 Å². The molecule has 0 unspecified atom stereocenters. The van der Waals surface area contributed by atoms with Gasteiger partial charge in [0.2, 0.25) is 9.84 Å². The second-order valence-corrected chi connectivity index (χ2v) is 8.99. The Morgan fingerprint density at radius 1 is 0.963 bits per heavy atom. The number of hydrogen-bond acceptors (Lipinski definition) is 4. The van der Waals surface area contributed by atoms with Gasteiger partial charge in [-0.1, -0.05) is 29.8 Å². The number of halogens is 1. The van der Waals surface area contributed by atoms with E-state index in [-0.39, 0.29) is 9.80 Å². The fraction of sp³-hybridized carbons (Fsp3) is 0.250. The molecule has 0 N–H and O–H groups in total. The van der Waals surface area contributed by atoms with Gasteiger partial charge < -0.3 is 9.80 Å². The maximum Gasteiger partial charge on any atom is 0.267 e. The van der Waals surface area contributed by atoms with Crippen molar-refractivity contribution in [3.63, 3.8) is 0 Å². The van der Waals surface area contributed by atoms with E-state index in [2.05, 4.69) is 0 Å². The summed E-state index contributed by atoms with van der Waals surface area (Å²) >= 11 is 6.13. The summed E-state index contributed by atoms with van der Waals surface area (Å²) in [5, 5.41) is 0.434. The molecule has 4 rings (SSSR count). The number of benzene rings is 2. The molecular formula is C20H19ClN2O3S. The number of sulfone groups is 1. The smallest absolute Gasteiger partial charge is 0.267 e. The van der Waals surface area contributed by atoms with Crippen LogP contribution < -0.4 is 4.90 Å². The highest BCUT2D eigenvalue weighted by Gasteiger charge is 2.38. The van der Waals surface area contributed by atoms with Gasteiger partial charge in [-0.15, -0.1) is 0 Å². The third-order valence-corrected chi connectivity index (χ3v) is 6.91. The Hall–Kier alpha value is -2.31. The van der Waals surface area contributed by atoms with E-state index in [1.54, 1.807) is 15.9 Å². The van der Waals surface area contributed by atoms with E-state index in [0.29, 0.717) is 23.8 Å². The van der Waals surface area contributed by atoms with Crippen LogP contribution in [0, 0.1) is 0 Å². The molecule has 0 spiro atoms. The lowest BCUT2D eigenvalue weighted by Crippen LogP contribution is -2.39. The second-order valence-electron chi connectivity index (χ2n) is 6.67. The van der Waals surface area contributed by atoms with Crippen LogP contribution in [0.4, 0.5) is 11.4 Å².